The maximum atomic E-state index is 11.7. The van der Waals surface area contributed by atoms with E-state index in [4.69, 9.17) is 9.47 Å². The third kappa shape index (κ3) is 3.51. The molecule has 20 heavy (non-hydrogen) atoms. The lowest BCUT2D eigenvalue weighted by molar-refractivity contribution is 0.0428. The van der Waals surface area contributed by atoms with Crippen LogP contribution in [0.3, 0.4) is 0 Å². The van der Waals surface area contributed by atoms with Crippen molar-refractivity contribution in [2.45, 2.75) is 19.1 Å². The van der Waals surface area contributed by atoms with Crippen LogP contribution in [0.5, 0.6) is 0 Å². The third-order valence-electron chi connectivity index (χ3n) is 2.88. The summed E-state index contributed by atoms with van der Waals surface area (Å²) in [6.45, 7) is 1.29. The van der Waals surface area contributed by atoms with E-state index in [0.29, 0.717) is 0 Å². The van der Waals surface area contributed by atoms with Crippen molar-refractivity contribution in [1.29, 1.82) is 0 Å². The fraction of sp³-hybridized carbons (Fsp3) is 0.800. The molecule has 2 atom stereocenters. The largest absolute Gasteiger partial charge is 0.508 e. The Hall–Kier alpha value is -1.55. The van der Waals surface area contributed by atoms with Crippen molar-refractivity contribution in [3.8, 4) is 0 Å². The quantitative estimate of drug-likeness (QED) is 0.495. The maximum Gasteiger partial charge on any atom is 0.508 e. The van der Waals surface area contributed by atoms with Crippen LogP contribution in [0, 0.1) is 5.92 Å². The molecule has 2 rings (SSSR count). The predicted molar refractivity (Wildman–Crippen MR) is 61.3 cm³/mol. The molecular formula is C10H14O9S. The molecule has 0 amide bonds. The summed E-state index contributed by atoms with van der Waals surface area (Å²) >= 11 is 0. The van der Waals surface area contributed by atoms with Crippen LogP contribution in [0.25, 0.3) is 0 Å². The van der Waals surface area contributed by atoms with Gasteiger partial charge in [-0.1, -0.05) is 0 Å². The van der Waals surface area contributed by atoms with E-state index in [9.17, 15) is 18.0 Å². The van der Waals surface area contributed by atoms with Gasteiger partial charge in [0.1, 0.15) is 25.4 Å². The van der Waals surface area contributed by atoms with Gasteiger partial charge in [-0.2, -0.15) is 8.42 Å². The van der Waals surface area contributed by atoms with Crippen molar-refractivity contribution >= 4 is 22.4 Å². The molecule has 9 nitrogen and oxygen atoms in total. The van der Waals surface area contributed by atoms with Gasteiger partial charge in [0, 0.05) is 0 Å². The number of cyclic esters (lactones) is 4. The molecule has 0 aromatic heterocycles. The zero-order valence-corrected chi connectivity index (χ0v) is 11.5. The Labute approximate surface area is 115 Å². The lowest BCUT2D eigenvalue weighted by atomic mass is 9.99. The summed E-state index contributed by atoms with van der Waals surface area (Å²) < 4.78 is 47.1. The topological polar surface area (TPSA) is 114 Å². The van der Waals surface area contributed by atoms with Gasteiger partial charge in [0.2, 0.25) is 0 Å². The van der Waals surface area contributed by atoms with Crippen LogP contribution in [0.15, 0.2) is 0 Å². The van der Waals surface area contributed by atoms with Crippen LogP contribution in [0.2, 0.25) is 0 Å². The fourth-order valence-corrected chi connectivity index (χ4v) is 3.38. The molecule has 0 bridgehead atoms. The number of ether oxygens (including phenoxy) is 4. The van der Waals surface area contributed by atoms with E-state index in [0.717, 1.165) is 0 Å². The molecule has 2 heterocycles. The highest BCUT2D eigenvalue weighted by molar-refractivity contribution is 7.86. The molecule has 2 unspecified atom stereocenters. The van der Waals surface area contributed by atoms with Crippen molar-refractivity contribution in [2.24, 2.45) is 5.92 Å². The van der Waals surface area contributed by atoms with Gasteiger partial charge in [-0.05, 0) is 6.92 Å². The zero-order valence-electron chi connectivity index (χ0n) is 10.6. The first-order valence-corrected chi connectivity index (χ1v) is 7.53. The van der Waals surface area contributed by atoms with Crippen molar-refractivity contribution in [3.63, 3.8) is 0 Å². The van der Waals surface area contributed by atoms with Crippen LogP contribution in [-0.2, 0) is 33.2 Å². The summed E-state index contributed by atoms with van der Waals surface area (Å²) in [6.07, 6.45) is -3.45. The number of carbonyl (C=O) groups is 2. The van der Waals surface area contributed by atoms with E-state index in [2.05, 4.69) is 13.7 Å². The van der Waals surface area contributed by atoms with Crippen molar-refractivity contribution in [1.82, 2.24) is 0 Å². The minimum absolute atomic E-state index is 0.0169. The molecule has 0 radical (unpaired) electrons. The summed E-state index contributed by atoms with van der Waals surface area (Å²) in [5.74, 6) is -1.28. The Morgan fingerprint density at radius 3 is 2.00 bits per heavy atom. The standard InChI is InChI=1S/C10H14O9S/c1-2-17-20(13,14)5-6(7-3-15-9(11)18-7)8-4-16-10(12)19-8/h6-8H,2-5H2,1H3. The van der Waals surface area contributed by atoms with E-state index in [1.807, 2.05) is 0 Å². The predicted octanol–water partition coefficient (Wildman–Crippen LogP) is 0.0397. The molecule has 0 aromatic rings. The molecule has 2 aliphatic rings. The van der Waals surface area contributed by atoms with E-state index in [1.54, 1.807) is 0 Å². The second-order valence-electron chi connectivity index (χ2n) is 4.23. The third-order valence-corrected chi connectivity index (χ3v) is 4.26. The van der Waals surface area contributed by atoms with Gasteiger partial charge in [-0.15, -0.1) is 0 Å². The van der Waals surface area contributed by atoms with E-state index in [1.165, 1.54) is 6.92 Å². The number of hydrogen-bond donors (Lipinski definition) is 0. The lowest BCUT2D eigenvalue weighted by Gasteiger charge is -2.23. The number of carbonyl (C=O) groups excluding carboxylic acids is 2. The number of rotatable bonds is 6. The summed E-state index contributed by atoms with van der Waals surface area (Å²) in [6, 6.07) is 0. The Bertz CT molecular complexity index is 459. The molecule has 2 fully saturated rings. The maximum absolute atomic E-state index is 11.7. The highest BCUT2D eigenvalue weighted by Crippen LogP contribution is 2.26. The first-order valence-electron chi connectivity index (χ1n) is 5.95. The van der Waals surface area contributed by atoms with Gasteiger partial charge in [-0.3, -0.25) is 4.18 Å². The highest BCUT2D eigenvalue weighted by atomic mass is 32.2. The summed E-state index contributed by atoms with van der Waals surface area (Å²) in [4.78, 5) is 21.9. The van der Waals surface area contributed by atoms with Crippen molar-refractivity contribution in [2.75, 3.05) is 25.6 Å². The molecule has 2 aliphatic heterocycles. The zero-order chi connectivity index (χ0) is 14.8. The molecule has 0 spiro atoms. The SMILES string of the molecule is CCOS(=O)(=O)CC(C1COC(=O)O1)C1COC(=O)O1. The van der Waals surface area contributed by atoms with Gasteiger partial charge < -0.3 is 18.9 Å². The summed E-state index contributed by atoms with van der Waals surface area (Å²) in [5, 5.41) is 0. The van der Waals surface area contributed by atoms with Crippen LogP contribution in [0.4, 0.5) is 9.59 Å². The van der Waals surface area contributed by atoms with E-state index < -0.39 is 46.3 Å². The fourth-order valence-electron chi connectivity index (χ4n) is 2.02. The minimum Gasteiger partial charge on any atom is -0.430 e. The molecule has 2 saturated heterocycles. The van der Waals surface area contributed by atoms with Crippen LogP contribution in [-0.4, -0.2) is 58.5 Å². The second kappa shape index (κ2) is 5.83. The molecule has 10 heteroatoms. The van der Waals surface area contributed by atoms with E-state index in [-0.39, 0.29) is 19.8 Å². The molecular weight excluding hydrogens is 296 g/mol. The normalized spacial score (nSPS) is 27.4. The van der Waals surface area contributed by atoms with E-state index >= 15 is 0 Å². The van der Waals surface area contributed by atoms with Crippen LogP contribution >= 0.6 is 0 Å². The van der Waals surface area contributed by atoms with Gasteiger partial charge in [0.05, 0.1) is 18.3 Å². The van der Waals surface area contributed by atoms with Crippen molar-refractivity contribution < 1.29 is 41.1 Å². The van der Waals surface area contributed by atoms with Gasteiger partial charge >= 0.3 is 12.3 Å². The van der Waals surface area contributed by atoms with Crippen LogP contribution in [0.1, 0.15) is 6.92 Å². The first kappa shape index (κ1) is 14.9. The highest BCUT2D eigenvalue weighted by Gasteiger charge is 2.45. The Morgan fingerprint density at radius 1 is 1.15 bits per heavy atom. The smallest absolute Gasteiger partial charge is 0.430 e. The minimum atomic E-state index is -3.83. The van der Waals surface area contributed by atoms with Gasteiger partial charge in [-0.25, -0.2) is 9.59 Å². The summed E-state index contributed by atoms with van der Waals surface area (Å²) in [5.41, 5.74) is 0. The molecule has 0 saturated carbocycles. The number of hydrogen-bond acceptors (Lipinski definition) is 9. The van der Waals surface area contributed by atoms with Crippen LogP contribution < -0.4 is 0 Å². The Morgan fingerprint density at radius 2 is 1.65 bits per heavy atom. The average Bonchev–Trinajstić information content (AvgIpc) is 2.95. The van der Waals surface area contributed by atoms with Crippen molar-refractivity contribution in [3.05, 3.63) is 0 Å². The summed E-state index contributed by atoms with van der Waals surface area (Å²) in [7, 11) is -3.83. The molecule has 114 valence electrons. The Kier molecular flexibility index (Phi) is 4.33. The average molecular weight is 310 g/mol. The molecule has 0 aliphatic carbocycles. The Balaban J connectivity index is 2.11. The second-order valence-corrected chi connectivity index (χ2v) is 5.91. The van der Waals surface area contributed by atoms with Gasteiger partial charge in [0.15, 0.2) is 0 Å². The molecule has 0 aromatic carbocycles. The first-order chi connectivity index (χ1) is 9.41. The molecule has 0 N–H and O–H groups in total. The monoisotopic (exact) mass is 310 g/mol. The van der Waals surface area contributed by atoms with Gasteiger partial charge in [0.25, 0.3) is 10.1 Å². The lowest BCUT2D eigenvalue weighted by Crippen LogP contribution is -2.40.